The molecule has 1 rings (SSSR count). The Balaban J connectivity index is 3.16. The molecule has 4 nitrogen and oxygen atoms in total. The van der Waals surface area contributed by atoms with Crippen molar-refractivity contribution in [1.82, 2.24) is 4.98 Å². The van der Waals surface area contributed by atoms with Gasteiger partial charge in [0.15, 0.2) is 5.82 Å². The first kappa shape index (κ1) is 10.4. The van der Waals surface area contributed by atoms with Gasteiger partial charge in [0.2, 0.25) is 0 Å². The Morgan fingerprint density at radius 3 is 2.64 bits per heavy atom. The third-order valence-electron chi connectivity index (χ3n) is 2.00. The summed E-state index contributed by atoms with van der Waals surface area (Å²) in [4.78, 5) is 6.06. The van der Waals surface area contributed by atoms with Crippen molar-refractivity contribution in [3.8, 4) is 0 Å². The molecule has 0 saturated heterocycles. The van der Waals surface area contributed by atoms with E-state index >= 15 is 0 Å². The van der Waals surface area contributed by atoms with Crippen LogP contribution in [0.25, 0.3) is 0 Å². The predicted octanol–water partition coefficient (Wildman–Crippen LogP) is 1.60. The van der Waals surface area contributed by atoms with E-state index in [1.165, 1.54) is 0 Å². The Labute approximate surface area is 84.2 Å². The van der Waals surface area contributed by atoms with Gasteiger partial charge in [-0.05, 0) is 26.1 Å². The first-order valence-electron chi connectivity index (χ1n) is 4.48. The van der Waals surface area contributed by atoms with Crippen molar-refractivity contribution in [2.24, 2.45) is 0 Å². The van der Waals surface area contributed by atoms with E-state index in [0.29, 0.717) is 17.2 Å². The Bertz CT molecular complexity index is 333. The molecule has 0 bridgehead atoms. The highest BCUT2D eigenvalue weighted by Gasteiger charge is 2.12. The number of nitrogens with zero attached hydrogens (tertiary/aromatic N) is 2. The summed E-state index contributed by atoms with van der Waals surface area (Å²) in [6, 6.07) is 1.93. The van der Waals surface area contributed by atoms with E-state index < -0.39 is 0 Å². The maximum atomic E-state index is 5.82. The fraction of sp³-hybridized carbons (Fsp3) is 0.300. The molecule has 0 aromatic carbocycles. The van der Waals surface area contributed by atoms with Gasteiger partial charge in [-0.2, -0.15) is 0 Å². The number of rotatable bonds is 3. The zero-order chi connectivity index (χ0) is 10.7. The van der Waals surface area contributed by atoms with Gasteiger partial charge in [0.25, 0.3) is 0 Å². The highest BCUT2D eigenvalue weighted by Crippen LogP contribution is 2.26. The molecular formula is C10H16N4. The Hall–Kier alpha value is -1.71. The number of nitrogen functional groups attached to an aromatic ring is 2. The molecule has 0 unspecified atom stereocenters. The van der Waals surface area contributed by atoms with E-state index in [0.717, 1.165) is 0 Å². The van der Waals surface area contributed by atoms with Gasteiger partial charge in [0.1, 0.15) is 0 Å². The van der Waals surface area contributed by atoms with Gasteiger partial charge in [-0.1, -0.05) is 6.58 Å². The van der Waals surface area contributed by atoms with Crippen LogP contribution in [0.4, 0.5) is 17.2 Å². The van der Waals surface area contributed by atoms with Crippen molar-refractivity contribution in [1.29, 1.82) is 0 Å². The summed E-state index contributed by atoms with van der Waals surface area (Å²) in [6.07, 6.45) is 3.34. The second kappa shape index (κ2) is 4.00. The lowest BCUT2D eigenvalue weighted by Crippen LogP contribution is -2.26. The van der Waals surface area contributed by atoms with Crippen LogP contribution >= 0.6 is 0 Å². The van der Waals surface area contributed by atoms with Gasteiger partial charge in [0.05, 0.1) is 11.4 Å². The SMILES string of the molecule is C=CN(c1nccc(N)c1N)C(C)C. The molecule has 0 saturated carbocycles. The van der Waals surface area contributed by atoms with Crippen molar-refractivity contribution in [3.63, 3.8) is 0 Å². The lowest BCUT2D eigenvalue weighted by Gasteiger charge is -2.24. The molecular weight excluding hydrogens is 176 g/mol. The van der Waals surface area contributed by atoms with Gasteiger partial charge in [-0.15, -0.1) is 0 Å². The second-order valence-electron chi connectivity index (χ2n) is 3.32. The van der Waals surface area contributed by atoms with Crippen LogP contribution in [0.5, 0.6) is 0 Å². The number of pyridine rings is 1. The van der Waals surface area contributed by atoms with Gasteiger partial charge in [0, 0.05) is 12.2 Å². The minimum atomic E-state index is 0.254. The molecule has 0 atom stereocenters. The molecule has 1 heterocycles. The largest absolute Gasteiger partial charge is 0.397 e. The predicted molar refractivity (Wildman–Crippen MR) is 60.9 cm³/mol. The summed E-state index contributed by atoms with van der Waals surface area (Å²) in [5.74, 6) is 0.662. The van der Waals surface area contributed by atoms with Gasteiger partial charge in [-0.3, -0.25) is 0 Å². The lowest BCUT2D eigenvalue weighted by atomic mass is 10.2. The van der Waals surface area contributed by atoms with Crippen LogP contribution in [-0.2, 0) is 0 Å². The third-order valence-corrected chi connectivity index (χ3v) is 2.00. The van der Waals surface area contributed by atoms with E-state index in [1.807, 2.05) is 18.7 Å². The molecule has 0 aliphatic heterocycles. The van der Waals surface area contributed by atoms with Crippen molar-refractivity contribution in [3.05, 3.63) is 25.0 Å². The summed E-state index contributed by atoms with van der Waals surface area (Å²) in [5, 5.41) is 0. The van der Waals surface area contributed by atoms with Crippen LogP contribution in [0.15, 0.2) is 25.0 Å². The smallest absolute Gasteiger partial charge is 0.158 e. The normalized spacial score (nSPS) is 10.2. The summed E-state index contributed by atoms with van der Waals surface area (Å²) in [6.45, 7) is 7.79. The fourth-order valence-electron chi connectivity index (χ4n) is 1.22. The van der Waals surface area contributed by atoms with Gasteiger partial charge < -0.3 is 16.4 Å². The highest BCUT2D eigenvalue weighted by molar-refractivity contribution is 5.76. The topological polar surface area (TPSA) is 68.2 Å². The number of hydrogen-bond donors (Lipinski definition) is 2. The van der Waals surface area contributed by atoms with E-state index in [1.54, 1.807) is 18.5 Å². The molecule has 14 heavy (non-hydrogen) atoms. The Kier molecular flexibility index (Phi) is 2.96. The number of nitrogens with two attached hydrogens (primary N) is 2. The Morgan fingerprint density at radius 2 is 2.14 bits per heavy atom. The molecule has 1 aromatic rings. The van der Waals surface area contributed by atoms with Crippen molar-refractivity contribution in [2.75, 3.05) is 16.4 Å². The average Bonchev–Trinajstić information content (AvgIpc) is 2.13. The first-order chi connectivity index (χ1) is 6.57. The molecule has 0 spiro atoms. The summed E-state index contributed by atoms with van der Waals surface area (Å²) < 4.78 is 0. The Morgan fingerprint density at radius 1 is 1.50 bits per heavy atom. The zero-order valence-electron chi connectivity index (χ0n) is 8.57. The molecule has 0 aliphatic rings. The van der Waals surface area contributed by atoms with Crippen LogP contribution in [0.1, 0.15) is 13.8 Å². The molecule has 1 aromatic heterocycles. The summed E-state index contributed by atoms with van der Waals surface area (Å²) >= 11 is 0. The molecule has 4 heteroatoms. The van der Waals surface area contributed by atoms with Gasteiger partial charge >= 0.3 is 0 Å². The maximum absolute atomic E-state index is 5.82. The minimum Gasteiger partial charge on any atom is -0.397 e. The van der Waals surface area contributed by atoms with E-state index in [4.69, 9.17) is 11.5 Å². The van der Waals surface area contributed by atoms with Crippen LogP contribution in [0, 0.1) is 0 Å². The molecule has 0 radical (unpaired) electrons. The monoisotopic (exact) mass is 192 g/mol. The fourth-order valence-corrected chi connectivity index (χ4v) is 1.22. The summed E-state index contributed by atoms with van der Waals surface area (Å²) in [5.41, 5.74) is 12.6. The molecule has 0 amide bonds. The number of aromatic nitrogens is 1. The van der Waals surface area contributed by atoms with E-state index in [2.05, 4.69) is 11.6 Å². The summed E-state index contributed by atoms with van der Waals surface area (Å²) in [7, 11) is 0. The van der Waals surface area contributed by atoms with Crippen molar-refractivity contribution in [2.45, 2.75) is 19.9 Å². The second-order valence-corrected chi connectivity index (χ2v) is 3.32. The van der Waals surface area contributed by atoms with Crippen LogP contribution in [0.2, 0.25) is 0 Å². The molecule has 0 aliphatic carbocycles. The third kappa shape index (κ3) is 1.79. The van der Waals surface area contributed by atoms with Crippen LogP contribution in [-0.4, -0.2) is 11.0 Å². The molecule has 0 fully saturated rings. The van der Waals surface area contributed by atoms with E-state index in [-0.39, 0.29) is 6.04 Å². The van der Waals surface area contributed by atoms with Gasteiger partial charge in [-0.25, -0.2) is 4.98 Å². The molecule has 4 N–H and O–H groups in total. The van der Waals surface area contributed by atoms with Crippen LogP contribution < -0.4 is 16.4 Å². The minimum absolute atomic E-state index is 0.254. The standard InChI is InChI=1S/C10H16N4/c1-4-14(7(2)3)10-9(12)8(11)5-6-13-10/h4-7H,1,12H2,2-3H3,(H2,11,13). The van der Waals surface area contributed by atoms with Crippen molar-refractivity contribution < 1.29 is 0 Å². The highest BCUT2D eigenvalue weighted by atomic mass is 15.2. The van der Waals surface area contributed by atoms with Crippen LogP contribution in [0.3, 0.4) is 0 Å². The maximum Gasteiger partial charge on any atom is 0.158 e. The molecule has 76 valence electrons. The van der Waals surface area contributed by atoms with E-state index in [9.17, 15) is 0 Å². The first-order valence-corrected chi connectivity index (χ1v) is 4.48. The lowest BCUT2D eigenvalue weighted by molar-refractivity contribution is 0.773. The zero-order valence-corrected chi connectivity index (χ0v) is 8.57. The number of anilines is 3. The number of hydrogen-bond acceptors (Lipinski definition) is 4. The van der Waals surface area contributed by atoms with Crippen molar-refractivity contribution >= 4 is 17.2 Å². The quantitative estimate of drug-likeness (QED) is 0.763. The average molecular weight is 192 g/mol.